The third-order valence-corrected chi connectivity index (χ3v) is 1.92. The second kappa shape index (κ2) is 2.60. The molecule has 13 heavy (non-hydrogen) atoms. The van der Waals surface area contributed by atoms with Crippen LogP contribution >= 0.6 is 0 Å². The standard InChI is InChI=1S/C10H8N2O/c1-6-3-7(2)10-8(4-6)12-9(5-11)13-10/h3-4H,1-2H3. The molecule has 1 heterocycles. The highest BCUT2D eigenvalue weighted by atomic mass is 16.3. The van der Waals surface area contributed by atoms with Gasteiger partial charge in [0, 0.05) is 0 Å². The Bertz CT molecular complexity index is 505. The van der Waals surface area contributed by atoms with Crippen molar-refractivity contribution in [2.75, 3.05) is 0 Å². The molecule has 0 amide bonds. The van der Waals surface area contributed by atoms with Gasteiger partial charge < -0.3 is 4.42 Å². The molecular formula is C10H8N2O. The van der Waals surface area contributed by atoms with Crippen molar-refractivity contribution in [3.05, 3.63) is 29.2 Å². The predicted octanol–water partition coefficient (Wildman–Crippen LogP) is 2.32. The Morgan fingerprint density at radius 2 is 2.15 bits per heavy atom. The van der Waals surface area contributed by atoms with Crippen molar-refractivity contribution in [1.82, 2.24) is 4.98 Å². The molecule has 2 aromatic rings. The van der Waals surface area contributed by atoms with Crippen LogP contribution in [0.25, 0.3) is 11.1 Å². The molecule has 0 spiro atoms. The Hall–Kier alpha value is -1.82. The van der Waals surface area contributed by atoms with Crippen LogP contribution in [0.1, 0.15) is 17.0 Å². The fraction of sp³-hybridized carbons (Fsp3) is 0.200. The molecule has 0 aliphatic heterocycles. The summed E-state index contributed by atoms with van der Waals surface area (Å²) in [7, 11) is 0. The molecule has 0 N–H and O–H groups in total. The summed E-state index contributed by atoms with van der Waals surface area (Å²) in [5.41, 5.74) is 3.61. The molecule has 0 radical (unpaired) electrons. The number of benzene rings is 1. The van der Waals surface area contributed by atoms with Gasteiger partial charge in [-0.2, -0.15) is 10.2 Å². The molecule has 0 aliphatic rings. The molecule has 0 atom stereocenters. The van der Waals surface area contributed by atoms with Crippen LogP contribution in [0.5, 0.6) is 0 Å². The summed E-state index contributed by atoms with van der Waals surface area (Å²) in [6.45, 7) is 3.94. The van der Waals surface area contributed by atoms with E-state index in [-0.39, 0.29) is 5.89 Å². The summed E-state index contributed by atoms with van der Waals surface area (Å²) in [5.74, 6) is 0.128. The van der Waals surface area contributed by atoms with Gasteiger partial charge in [0.15, 0.2) is 11.7 Å². The number of rotatable bonds is 0. The van der Waals surface area contributed by atoms with Crippen LogP contribution in [0, 0.1) is 25.2 Å². The first-order valence-electron chi connectivity index (χ1n) is 3.98. The lowest BCUT2D eigenvalue weighted by atomic mass is 10.1. The summed E-state index contributed by atoms with van der Waals surface area (Å²) in [6.07, 6.45) is 0. The van der Waals surface area contributed by atoms with Gasteiger partial charge in [0.05, 0.1) is 0 Å². The fourth-order valence-corrected chi connectivity index (χ4v) is 1.42. The van der Waals surface area contributed by atoms with Gasteiger partial charge in [-0.15, -0.1) is 0 Å². The smallest absolute Gasteiger partial charge is 0.301 e. The van der Waals surface area contributed by atoms with Crippen molar-refractivity contribution in [1.29, 1.82) is 5.26 Å². The molecular weight excluding hydrogens is 164 g/mol. The van der Waals surface area contributed by atoms with Crippen molar-refractivity contribution in [2.45, 2.75) is 13.8 Å². The third kappa shape index (κ3) is 1.17. The van der Waals surface area contributed by atoms with Gasteiger partial charge >= 0.3 is 5.89 Å². The number of fused-ring (bicyclic) bond motifs is 1. The highest BCUT2D eigenvalue weighted by Gasteiger charge is 2.07. The van der Waals surface area contributed by atoms with E-state index >= 15 is 0 Å². The SMILES string of the molecule is Cc1cc(C)c2oc(C#N)nc2c1. The highest BCUT2D eigenvalue weighted by molar-refractivity contribution is 5.77. The van der Waals surface area contributed by atoms with Crippen LogP contribution in [0.3, 0.4) is 0 Å². The molecule has 3 heteroatoms. The molecule has 64 valence electrons. The second-order valence-corrected chi connectivity index (χ2v) is 3.06. The molecule has 1 aromatic heterocycles. The largest absolute Gasteiger partial charge is 0.428 e. The maximum atomic E-state index is 8.59. The van der Waals surface area contributed by atoms with E-state index in [9.17, 15) is 0 Å². The van der Waals surface area contributed by atoms with Crippen LogP contribution in [0.2, 0.25) is 0 Å². The van der Waals surface area contributed by atoms with Crippen LogP contribution in [-0.2, 0) is 0 Å². The van der Waals surface area contributed by atoms with Crippen molar-refractivity contribution in [2.24, 2.45) is 0 Å². The van der Waals surface area contributed by atoms with Gasteiger partial charge in [-0.1, -0.05) is 6.07 Å². The van der Waals surface area contributed by atoms with Crippen molar-refractivity contribution < 1.29 is 4.42 Å². The van der Waals surface area contributed by atoms with E-state index in [1.165, 1.54) is 0 Å². The summed E-state index contributed by atoms with van der Waals surface area (Å²) in [6, 6.07) is 5.80. The lowest BCUT2D eigenvalue weighted by molar-refractivity contribution is 0.582. The lowest BCUT2D eigenvalue weighted by Crippen LogP contribution is -1.77. The minimum Gasteiger partial charge on any atom is -0.428 e. The monoisotopic (exact) mass is 172 g/mol. The zero-order valence-electron chi connectivity index (χ0n) is 7.46. The summed E-state index contributed by atoms with van der Waals surface area (Å²) < 4.78 is 5.23. The van der Waals surface area contributed by atoms with E-state index < -0.39 is 0 Å². The minimum absolute atomic E-state index is 0.128. The Balaban J connectivity index is 2.84. The van der Waals surface area contributed by atoms with Crippen LogP contribution < -0.4 is 0 Å². The molecule has 0 fully saturated rings. The molecule has 0 saturated carbocycles. The quantitative estimate of drug-likeness (QED) is 0.612. The fourth-order valence-electron chi connectivity index (χ4n) is 1.42. The Labute approximate surface area is 75.6 Å². The average molecular weight is 172 g/mol. The van der Waals surface area contributed by atoms with Crippen molar-refractivity contribution >= 4 is 11.1 Å². The van der Waals surface area contributed by atoms with Crippen LogP contribution in [-0.4, -0.2) is 4.98 Å². The number of aryl methyl sites for hydroxylation is 2. The second-order valence-electron chi connectivity index (χ2n) is 3.06. The van der Waals surface area contributed by atoms with E-state index in [0.717, 1.165) is 16.6 Å². The number of aromatic nitrogens is 1. The Morgan fingerprint density at radius 3 is 2.85 bits per heavy atom. The van der Waals surface area contributed by atoms with Gasteiger partial charge in [-0.25, -0.2) is 0 Å². The predicted molar refractivity (Wildman–Crippen MR) is 48.2 cm³/mol. The van der Waals surface area contributed by atoms with Gasteiger partial charge in [-0.05, 0) is 31.0 Å². The Kier molecular flexibility index (Phi) is 1.56. The third-order valence-electron chi connectivity index (χ3n) is 1.92. The zero-order valence-corrected chi connectivity index (χ0v) is 7.46. The molecule has 0 aliphatic carbocycles. The number of oxazole rings is 1. The van der Waals surface area contributed by atoms with Gasteiger partial charge in [0.2, 0.25) is 0 Å². The average Bonchev–Trinajstić information content (AvgIpc) is 2.47. The van der Waals surface area contributed by atoms with Gasteiger partial charge in [0.1, 0.15) is 5.52 Å². The number of nitriles is 1. The summed E-state index contributed by atoms with van der Waals surface area (Å²) in [5, 5.41) is 8.59. The van der Waals surface area contributed by atoms with Gasteiger partial charge in [0.25, 0.3) is 0 Å². The summed E-state index contributed by atoms with van der Waals surface area (Å²) >= 11 is 0. The first-order chi connectivity index (χ1) is 6.20. The normalized spacial score (nSPS) is 10.2. The number of hydrogen-bond acceptors (Lipinski definition) is 3. The molecule has 0 unspecified atom stereocenters. The maximum absolute atomic E-state index is 8.59. The number of hydrogen-bond donors (Lipinski definition) is 0. The van der Waals surface area contributed by atoms with Crippen molar-refractivity contribution in [3.8, 4) is 6.07 Å². The molecule has 3 nitrogen and oxygen atoms in total. The molecule has 1 aromatic carbocycles. The minimum atomic E-state index is 0.128. The van der Waals surface area contributed by atoms with Gasteiger partial charge in [-0.3, -0.25) is 0 Å². The number of nitrogens with zero attached hydrogens (tertiary/aromatic N) is 2. The molecule has 0 bridgehead atoms. The van der Waals surface area contributed by atoms with Crippen molar-refractivity contribution in [3.63, 3.8) is 0 Å². The highest BCUT2D eigenvalue weighted by Crippen LogP contribution is 2.20. The maximum Gasteiger partial charge on any atom is 0.301 e. The first kappa shape index (κ1) is 7.81. The zero-order chi connectivity index (χ0) is 9.42. The van der Waals surface area contributed by atoms with E-state index in [2.05, 4.69) is 4.98 Å². The van der Waals surface area contributed by atoms with E-state index in [1.54, 1.807) is 0 Å². The molecule has 0 saturated heterocycles. The topological polar surface area (TPSA) is 49.8 Å². The van der Waals surface area contributed by atoms with Crippen LogP contribution in [0.4, 0.5) is 0 Å². The van der Waals surface area contributed by atoms with E-state index in [1.807, 2.05) is 32.0 Å². The van der Waals surface area contributed by atoms with E-state index in [4.69, 9.17) is 9.68 Å². The van der Waals surface area contributed by atoms with Crippen LogP contribution in [0.15, 0.2) is 16.5 Å². The lowest BCUT2D eigenvalue weighted by Gasteiger charge is -1.94. The molecule has 2 rings (SSSR count). The first-order valence-corrected chi connectivity index (χ1v) is 3.98. The Morgan fingerprint density at radius 1 is 1.38 bits per heavy atom. The van der Waals surface area contributed by atoms with E-state index in [0.29, 0.717) is 5.58 Å². The summed E-state index contributed by atoms with van der Waals surface area (Å²) in [4.78, 5) is 4.03.